The minimum Gasteiger partial charge on any atom is -0.189 e. The van der Waals surface area contributed by atoms with Crippen LogP contribution in [0.25, 0.3) is 0 Å². The molecule has 2 rings (SSSR count). The molecular formula is C10H8BrF5N2. The molecule has 0 saturated heterocycles. The molecule has 0 N–H and O–H groups in total. The largest absolute Gasteiger partial charge is 0.321 e. The molecule has 8 heteroatoms. The van der Waals surface area contributed by atoms with Gasteiger partial charge < -0.3 is 0 Å². The molecule has 1 aromatic rings. The van der Waals surface area contributed by atoms with E-state index >= 15 is 0 Å². The lowest BCUT2D eigenvalue weighted by Crippen LogP contribution is -2.45. The zero-order chi connectivity index (χ0) is 12.6. The van der Waals surface area contributed by atoms with Crippen molar-refractivity contribution < 1.29 is 22.1 Å². The Bertz CT molecular complexity index is 435. The van der Waals surface area contributed by atoms with Crippen LogP contribution in [0, 0.1) is 0 Å². The lowest BCUT2D eigenvalue weighted by molar-refractivity contribution is -0.251. The molecule has 0 aliphatic carbocycles. The molecule has 18 heavy (non-hydrogen) atoms. The summed E-state index contributed by atoms with van der Waals surface area (Å²) in [6, 6.07) is 7.41. The zero-order valence-electron chi connectivity index (χ0n) is 8.79. The van der Waals surface area contributed by atoms with E-state index in [-0.39, 0.29) is 22.5 Å². The number of halogens is 6. The van der Waals surface area contributed by atoms with Crippen LogP contribution in [0.15, 0.2) is 42.2 Å². The Morgan fingerprint density at radius 1 is 0.944 bits per heavy atom. The molecule has 0 radical (unpaired) electrons. The molecule has 0 amide bonds. The first-order valence-electron chi connectivity index (χ1n) is 4.67. The van der Waals surface area contributed by atoms with E-state index in [0.29, 0.717) is 0 Å². The molecule has 0 unspecified atom stereocenters. The lowest BCUT2D eigenvalue weighted by Gasteiger charge is -2.27. The van der Waals surface area contributed by atoms with Crippen molar-refractivity contribution >= 4 is 17.0 Å². The minimum absolute atomic E-state index is 0. The Kier molecular flexibility index (Phi) is 4.20. The summed E-state index contributed by atoms with van der Waals surface area (Å²) in [5.41, 5.74) is 0.197. The molecule has 1 aromatic carbocycles. The van der Waals surface area contributed by atoms with Gasteiger partial charge in [-0.1, -0.05) is 39.3 Å². The van der Waals surface area contributed by atoms with Crippen LogP contribution in [0.2, 0.25) is 0 Å². The van der Waals surface area contributed by atoms with Crippen LogP contribution in [0.5, 0.6) is 0 Å². The van der Waals surface area contributed by atoms with Crippen molar-refractivity contribution in [2.45, 2.75) is 12.3 Å². The van der Waals surface area contributed by atoms with Gasteiger partial charge in [0, 0.05) is 0 Å². The van der Waals surface area contributed by atoms with E-state index in [4.69, 9.17) is 0 Å². The fourth-order valence-electron chi connectivity index (χ4n) is 1.53. The van der Waals surface area contributed by atoms with Crippen molar-refractivity contribution in [2.75, 3.05) is 0 Å². The summed E-state index contributed by atoms with van der Waals surface area (Å²) in [6.07, 6.45) is -0.859. The molecule has 2 nitrogen and oxygen atoms in total. The number of hydrogen-bond donors (Lipinski definition) is 0. The van der Waals surface area contributed by atoms with Gasteiger partial charge in [-0.15, -0.1) is 27.2 Å². The van der Waals surface area contributed by atoms with Crippen LogP contribution in [0.1, 0.15) is 5.56 Å². The van der Waals surface area contributed by atoms with Crippen molar-refractivity contribution in [1.29, 1.82) is 0 Å². The summed E-state index contributed by atoms with van der Waals surface area (Å²) in [5, 5.41) is -2.40. The molecule has 1 aliphatic heterocycles. The topological polar surface area (TPSA) is 6.48 Å². The standard InChI is InChI=1S/C10H7F5N2.BrH/c11-8-9(12)17(15)10(13,16(8)14)6-7-4-2-1-3-5-7;/h1-5H,6H2;1H. The minimum atomic E-state index is -3.53. The molecule has 0 fully saturated rings. The molecule has 0 atom stereocenters. The third-order valence-corrected chi connectivity index (χ3v) is 2.39. The number of rotatable bonds is 2. The van der Waals surface area contributed by atoms with E-state index in [1.165, 1.54) is 24.3 Å². The summed E-state index contributed by atoms with van der Waals surface area (Å²) < 4.78 is 65.4. The summed E-state index contributed by atoms with van der Waals surface area (Å²) in [7, 11) is 0. The Morgan fingerprint density at radius 3 is 1.83 bits per heavy atom. The maximum atomic E-state index is 13.9. The number of alkyl halides is 1. The zero-order valence-corrected chi connectivity index (χ0v) is 10.5. The molecule has 0 saturated carbocycles. The third-order valence-electron chi connectivity index (χ3n) is 2.39. The summed E-state index contributed by atoms with van der Waals surface area (Å²) in [4.78, 5) is 0. The lowest BCUT2D eigenvalue weighted by atomic mass is 10.1. The van der Waals surface area contributed by atoms with Gasteiger partial charge in [-0.25, -0.2) is 0 Å². The molecule has 100 valence electrons. The third kappa shape index (κ3) is 2.16. The smallest absolute Gasteiger partial charge is 0.189 e. The Hall–Kier alpha value is -1.31. The van der Waals surface area contributed by atoms with Crippen molar-refractivity contribution in [3.8, 4) is 0 Å². The molecule has 1 heterocycles. The van der Waals surface area contributed by atoms with Crippen LogP contribution in [0.4, 0.5) is 22.1 Å². The number of nitrogens with zero attached hydrogens (tertiary/aromatic N) is 2. The van der Waals surface area contributed by atoms with E-state index in [9.17, 15) is 22.1 Å². The van der Waals surface area contributed by atoms with Crippen molar-refractivity contribution in [3.05, 3.63) is 47.8 Å². The van der Waals surface area contributed by atoms with Crippen LogP contribution in [0.3, 0.4) is 0 Å². The van der Waals surface area contributed by atoms with Gasteiger partial charge in [0.05, 0.1) is 6.42 Å². The molecular weight excluding hydrogens is 323 g/mol. The monoisotopic (exact) mass is 330 g/mol. The Morgan fingerprint density at radius 2 is 1.39 bits per heavy atom. The van der Waals surface area contributed by atoms with Crippen LogP contribution < -0.4 is 0 Å². The number of hydrogen-bond acceptors (Lipinski definition) is 2. The fourth-order valence-corrected chi connectivity index (χ4v) is 1.53. The van der Waals surface area contributed by atoms with Crippen LogP contribution in [-0.2, 0) is 6.42 Å². The first-order chi connectivity index (χ1) is 7.97. The van der Waals surface area contributed by atoms with E-state index in [1.54, 1.807) is 6.07 Å². The predicted molar refractivity (Wildman–Crippen MR) is 59.4 cm³/mol. The van der Waals surface area contributed by atoms with E-state index in [0.717, 1.165) is 0 Å². The highest BCUT2D eigenvalue weighted by molar-refractivity contribution is 8.93. The quantitative estimate of drug-likeness (QED) is 0.461. The van der Waals surface area contributed by atoms with Crippen molar-refractivity contribution in [1.82, 2.24) is 10.2 Å². The van der Waals surface area contributed by atoms with Gasteiger partial charge >= 0.3 is 5.92 Å². The Balaban J connectivity index is 0.00000162. The van der Waals surface area contributed by atoms with Crippen LogP contribution >= 0.6 is 17.0 Å². The first-order valence-corrected chi connectivity index (χ1v) is 4.67. The van der Waals surface area contributed by atoms with Gasteiger partial charge in [-0.3, -0.25) is 0 Å². The van der Waals surface area contributed by atoms with Crippen molar-refractivity contribution in [2.24, 2.45) is 0 Å². The highest BCUT2D eigenvalue weighted by Gasteiger charge is 2.56. The van der Waals surface area contributed by atoms with E-state index in [2.05, 4.69) is 0 Å². The highest BCUT2D eigenvalue weighted by atomic mass is 79.9. The van der Waals surface area contributed by atoms with Gasteiger partial charge in [0.2, 0.25) is 0 Å². The van der Waals surface area contributed by atoms with Crippen LogP contribution in [-0.4, -0.2) is 16.2 Å². The first kappa shape index (κ1) is 14.7. The van der Waals surface area contributed by atoms with E-state index < -0.39 is 34.5 Å². The molecule has 1 aliphatic rings. The predicted octanol–water partition coefficient (Wildman–Crippen LogP) is 3.88. The van der Waals surface area contributed by atoms with Crippen molar-refractivity contribution in [3.63, 3.8) is 0 Å². The van der Waals surface area contributed by atoms with Gasteiger partial charge in [0.1, 0.15) is 0 Å². The SMILES string of the molecule is Br.FC1=C(F)N(F)C(F)(Cc2ccccc2)N1F. The summed E-state index contributed by atoms with van der Waals surface area (Å²) in [6.45, 7) is 0. The normalized spacial score (nSPS) is 18.1. The Labute approximate surface area is 110 Å². The second-order valence-electron chi connectivity index (χ2n) is 3.52. The number of benzene rings is 1. The molecule has 0 aromatic heterocycles. The van der Waals surface area contributed by atoms with Gasteiger partial charge in [0.25, 0.3) is 11.9 Å². The second kappa shape index (κ2) is 5.13. The summed E-state index contributed by atoms with van der Waals surface area (Å²) in [5.74, 6) is -7.97. The van der Waals surface area contributed by atoms with Gasteiger partial charge in [-0.2, -0.15) is 13.2 Å². The maximum Gasteiger partial charge on any atom is 0.321 e. The van der Waals surface area contributed by atoms with Gasteiger partial charge in [0.15, 0.2) is 0 Å². The summed E-state index contributed by atoms with van der Waals surface area (Å²) >= 11 is 0. The highest BCUT2D eigenvalue weighted by Crippen LogP contribution is 2.42. The average Bonchev–Trinajstić information content (AvgIpc) is 2.47. The second-order valence-corrected chi connectivity index (χ2v) is 3.52. The molecule has 0 spiro atoms. The molecule has 0 bridgehead atoms. The van der Waals surface area contributed by atoms with E-state index in [1.807, 2.05) is 0 Å². The average molecular weight is 331 g/mol. The maximum absolute atomic E-state index is 13.9. The van der Waals surface area contributed by atoms with Gasteiger partial charge in [-0.05, 0) is 5.56 Å². The fraction of sp³-hybridized carbons (Fsp3) is 0.200.